The standard InChI is InChI=1S/C12H11NO3/c1-2-9-15-12(14)16-11-6-4-3-5-10(11)7-8-13/h2-6H,1,7,9H2. The van der Waals surface area contributed by atoms with Crippen LogP contribution in [0.25, 0.3) is 0 Å². The van der Waals surface area contributed by atoms with E-state index >= 15 is 0 Å². The fourth-order valence-electron chi connectivity index (χ4n) is 1.08. The van der Waals surface area contributed by atoms with Gasteiger partial charge >= 0.3 is 6.16 Å². The smallest absolute Gasteiger partial charge is 0.430 e. The molecule has 0 fully saturated rings. The number of nitriles is 1. The fourth-order valence-corrected chi connectivity index (χ4v) is 1.08. The van der Waals surface area contributed by atoms with Gasteiger partial charge in [0.25, 0.3) is 0 Å². The Morgan fingerprint density at radius 1 is 1.50 bits per heavy atom. The van der Waals surface area contributed by atoms with Crippen LogP contribution in [0, 0.1) is 11.3 Å². The molecule has 0 unspecified atom stereocenters. The lowest BCUT2D eigenvalue weighted by Gasteiger charge is -2.06. The molecule has 0 bridgehead atoms. The second kappa shape index (κ2) is 6.25. The maximum atomic E-state index is 11.2. The molecule has 0 saturated carbocycles. The molecular formula is C12H11NO3. The second-order valence-corrected chi connectivity index (χ2v) is 2.89. The lowest BCUT2D eigenvalue weighted by Crippen LogP contribution is -2.11. The SMILES string of the molecule is C=CCOC(=O)Oc1ccccc1CC#N. The number of rotatable bonds is 4. The summed E-state index contributed by atoms with van der Waals surface area (Å²) < 4.78 is 9.61. The van der Waals surface area contributed by atoms with E-state index in [9.17, 15) is 4.79 Å². The highest BCUT2D eigenvalue weighted by atomic mass is 16.7. The number of ether oxygens (including phenoxy) is 2. The Morgan fingerprint density at radius 2 is 2.25 bits per heavy atom. The Morgan fingerprint density at radius 3 is 2.94 bits per heavy atom. The molecule has 1 rings (SSSR count). The molecule has 82 valence electrons. The molecule has 0 aliphatic rings. The van der Waals surface area contributed by atoms with Crippen molar-refractivity contribution in [2.45, 2.75) is 6.42 Å². The quantitative estimate of drug-likeness (QED) is 0.441. The topological polar surface area (TPSA) is 59.3 Å². The Hall–Kier alpha value is -2.28. The molecule has 0 heterocycles. The Bertz CT molecular complexity index is 421. The first-order valence-corrected chi connectivity index (χ1v) is 4.68. The van der Waals surface area contributed by atoms with Gasteiger partial charge in [0.1, 0.15) is 12.4 Å². The van der Waals surface area contributed by atoms with Crippen molar-refractivity contribution in [2.75, 3.05) is 6.61 Å². The average molecular weight is 217 g/mol. The number of carbonyl (C=O) groups is 1. The van der Waals surface area contributed by atoms with Gasteiger partial charge in [-0.15, -0.1) is 0 Å². The summed E-state index contributed by atoms with van der Waals surface area (Å²) >= 11 is 0. The van der Waals surface area contributed by atoms with Gasteiger partial charge in [-0.25, -0.2) is 4.79 Å². The number of hydrogen-bond acceptors (Lipinski definition) is 4. The average Bonchev–Trinajstić information content (AvgIpc) is 2.29. The van der Waals surface area contributed by atoms with E-state index in [0.29, 0.717) is 11.3 Å². The molecule has 0 aromatic heterocycles. The molecule has 0 saturated heterocycles. The van der Waals surface area contributed by atoms with Crippen molar-refractivity contribution in [1.29, 1.82) is 5.26 Å². The monoisotopic (exact) mass is 217 g/mol. The molecule has 0 radical (unpaired) electrons. The van der Waals surface area contributed by atoms with Gasteiger partial charge in [0.2, 0.25) is 0 Å². The van der Waals surface area contributed by atoms with Gasteiger partial charge in [0, 0.05) is 5.56 Å². The lowest BCUT2D eigenvalue weighted by atomic mass is 10.1. The first-order chi connectivity index (χ1) is 7.77. The van der Waals surface area contributed by atoms with Crippen molar-refractivity contribution in [3.8, 4) is 11.8 Å². The summed E-state index contributed by atoms with van der Waals surface area (Å²) in [5, 5.41) is 8.58. The summed E-state index contributed by atoms with van der Waals surface area (Å²) in [6, 6.07) is 8.82. The second-order valence-electron chi connectivity index (χ2n) is 2.89. The molecular weight excluding hydrogens is 206 g/mol. The molecule has 0 aliphatic heterocycles. The van der Waals surface area contributed by atoms with Crippen molar-refractivity contribution in [1.82, 2.24) is 0 Å². The van der Waals surface area contributed by atoms with Crippen LogP contribution >= 0.6 is 0 Å². The predicted molar refractivity (Wildman–Crippen MR) is 57.9 cm³/mol. The first-order valence-electron chi connectivity index (χ1n) is 4.68. The summed E-state index contributed by atoms with van der Waals surface area (Å²) in [5.74, 6) is 0.345. The Labute approximate surface area is 93.7 Å². The van der Waals surface area contributed by atoms with Crippen LogP contribution in [0.3, 0.4) is 0 Å². The number of hydrogen-bond donors (Lipinski definition) is 0. The molecule has 1 aromatic rings. The van der Waals surface area contributed by atoms with E-state index in [4.69, 9.17) is 10.00 Å². The minimum Gasteiger partial charge on any atom is -0.430 e. The Balaban J connectivity index is 2.69. The minimum atomic E-state index is -0.801. The van der Waals surface area contributed by atoms with Crippen molar-refractivity contribution >= 4 is 6.16 Å². The van der Waals surface area contributed by atoms with Crippen molar-refractivity contribution in [3.05, 3.63) is 42.5 Å². The van der Waals surface area contributed by atoms with Crippen LogP contribution in [-0.4, -0.2) is 12.8 Å². The van der Waals surface area contributed by atoms with Gasteiger partial charge in [0.15, 0.2) is 0 Å². The molecule has 0 aliphatic carbocycles. The van der Waals surface area contributed by atoms with E-state index in [2.05, 4.69) is 11.3 Å². The summed E-state index contributed by atoms with van der Waals surface area (Å²) in [4.78, 5) is 11.2. The largest absolute Gasteiger partial charge is 0.514 e. The summed E-state index contributed by atoms with van der Waals surface area (Å²) in [5.41, 5.74) is 0.653. The maximum Gasteiger partial charge on any atom is 0.514 e. The molecule has 4 heteroatoms. The number of nitrogens with zero attached hydrogens (tertiary/aromatic N) is 1. The van der Waals surface area contributed by atoms with Crippen LogP contribution in [0.1, 0.15) is 5.56 Å². The summed E-state index contributed by atoms with van der Waals surface area (Å²) in [6.45, 7) is 3.51. The van der Waals surface area contributed by atoms with Gasteiger partial charge in [-0.3, -0.25) is 0 Å². The first kappa shape index (κ1) is 11.8. The zero-order valence-electron chi connectivity index (χ0n) is 8.68. The molecule has 0 amide bonds. The molecule has 0 spiro atoms. The van der Waals surface area contributed by atoms with Crippen LogP contribution in [0.2, 0.25) is 0 Å². The third-order valence-electron chi connectivity index (χ3n) is 1.75. The van der Waals surface area contributed by atoms with Crippen LogP contribution in [0.4, 0.5) is 4.79 Å². The van der Waals surface area contributed by atoms with Crippen molar-refractivity contribution < 1.29 is 14.3 Å². The zero-order valence-corrected chi connectivity index (χ0v) is 8.68. The van der Waals surface area contributed by atoms with E-state index < -0.39 is 6.16 Å². The normalized spacial score (nSPS) is 8.94. The minimum absolute atomic E-state index is 0.0965. The van der Waals surface area contributed by atoms with E-state index in [1.807, 2.05) is 6.07 Å². The maximum absolute atomic E-state index is 11.2. The molecule has 0 atom stereocenters. The number of benzene rings is 1. The van der Waals surface area contributed by atoms with Crippen molar-refractivity contribution in [2.24, 2.45) is 0 Å². The van der Waals surface area contributed by atoms with E-state index in [1.54, 1.807) is 24.3 Å². The molecule has 4 nitrogen and oxygen atoms in total. The van der Waals surface area contributed by atoms with Gasteiger partial charge in [-0.2, -0.15) is 5.26 Å². The summed E-state index contributed by atoms with van der Waals surface area (Å²) in [6.07, 6.45) is 0.832. The highest BCUT2D eigenvalue weighted by Crippen LogP contribution is 2.18. The number of carbonyl (C=O) groups excluding carboxylic acids is 1. The van der Waals surface area contributed by atoms with Gasteiger partial charge in [-0.05, 0) is 6.07 Å². The van der Waals surface area contributed by atoms with E-state index in [1.165, 1.54) is 6.08 Å². The lowest BCUT2D eigenvalue weighted by molar-refractivity contribution is 0.109. The van der Waals surface area contributed by atoms with Crippen LogP contribution in [0.5, 0.6) is 5.75 Å². The van der Waals surface area contributed by atoms with E-state index in [0.717, 1.165) is 0 Å². The fraction of sp³-hybridized carbons (Fsp3) is 0.167. The predicted octanol–water partition coefficient (Wildman–Crippen LogP) is 2.45. The molecule has 0 N–H and O–H groups in total. The Kier molecular flexibility index (Phi) is 4.61. The highest BCUT2D eigenvalue weighted by molar-refractivity contribution is 5.64. The molecule has 16 heavy (non-hydrogen) atoms. The van der Waals surface area contributed by atoms with E-state index in [-0.39, 0.29) is 13.0 Å². The zero-order chi connectivity index (χ0) is 11.8. The molecule has 1 aromatic carbocycles. The van der Waals surface area contributed by atoms with Crippen LogP contribution < -0.4 is 4.74 Å². The van der Waals surface area contributed by atoms with Crippen molar-refractivity contribution in [3.63, 3.8) is 0 Å². The summed E-state index contributed by atoms with van der Waals surface area (Å²) in [7, 11) is 0. The van der Waals surface area contributed by atoms with Gasteiger partial charge in [0.05, 0.1) is 12.5 Å². The third-order valence-corrected chi connectivity index (χ3v) is 1.75. The highest BCUT2D eigenvalue weighted by Gasteiger charge is 2.08. The van der Waals surface area contributed by atoms with Gasteiger partial charge < -0.3 is 9.47 Å². The van der Waals surface area contributed by atoms with Gasteiger partial charge in [-0.1, -0.05) is 30.9 Å². The third kappa shape index (κ3) is 3.46. The number of para-hydroxylation sites is 1. The van der Waals surface area contributed by atoms with Crippen LogP contribution in [-0.2, 0) is 11.2 Å². The van der Waals surface area contributed by atoms with Crippen LogP contribution in [0.15, 0.2) is 36.9 Å².